The van der Waals surface area contributed by atoms with Crippen LogP contribution >= 0.6 is 24.0 Å². The lowest BCUT2D eigenvalue weighted by Crippen LogP contribution is -2.44. The Morgan fingerprint density at radius 3 is 2.62 bits per heavy atom. The molecule has 0 spiro atoms. The summed E-state index contributed by atoms with van der Waals surface area (Å²) in [5.74, 6) is -0.173. The van der Waals surface area contributed by atoms with Gasteiger partial charge in [0.05, 0.1) is 11.5 Å². The Bertz CT molecular complexity index is 290. The molecule has 0 bridgehead atoms. The van der Waals surface area contributed by atoms with E-state index in [1.165, 1.54) is 6.42 Å². The van der Waals surface area contributed by atoms with Crippen molar-refractivity contribution in [1.29, 1.82) is 0 Å². The van der Waals surface area contributed by atoms with Crippen LogP contribution in [0.15, 0.2) is 0 Å². The summed E-state index contributed by atoms with van der Waals surface area (Å²) >= 11 is 6.41. The second-order valence-corrected chi connectivity index (χ2v) is 5.43. The molecule has 1 rings (SSSR count). The van der Waals surface area contributed by atoms with Crippen LogP contribution < -0.4 is 16.4 Å². The molecule has 1 saturated heterocycles. The zero-order valence-electron chi connectivity index (χ0n) is 8.82. The van der Waals surface area contributed by atoms with Crippen LogP contribution in [-0.4, -0.2) is 40.9 Å². The number of carbonyl (C=O) groups is 2. The van der Waals surface area contributed by atoms with Gasteiger partial charge in [0.2, 0.25) is 0 Å². The lowest BCUT2D eigenvalue weighted by Gasteiger charge is -2.09. The Kier molecular flexibility index (Phi) is 5.54. The van der Waals surface area contributed by atoms with Gasteiger partial charge >= 0.3 is 11.8 Å². The molecule has 1 atom stereocenters. The maximum atomic E-state index is 11.3. The smallest absolute Gasteiger partial charge is 0.309 e. The zero-order chi connectivity index (χ0) is 12.0. The Balaban J connectivity index is 2.17. The second-order valence-electron chi connectivity index (χ2n) is 3.49. The topological polar surface area (TPSA) is 84.2 Å². The molecule has 16 heavy (non-hydrogen) atoms. The van der Waals surface area contributed by atoms with Crippen LogP contribution in [0.25, 0.3) is 0 Å². The van der Waals surface area contributed by atoms with Gasteiger partial charge in [0.1, 0.15) is 0 Å². The quantitative estimate of drug-likeness (QED) is 0.465. The van der Waals surface area contributed by atoms with Crippen LogP contribution in [0.5, 0.6) is 0 Å². The maximum absolute atomic E-state index is 11.3. The first-order chi connectivity index (χ1) is 7.59. The maximum Gasteiger partial charge on any atom is 0.309 e. The van der Waals surface area contributed by atoms with Crippen molar-refractivity contribution >= 4 is 40.8 Å². The van der Waals surface area contributed by atoms with Crippen molar-refractivity contribution in [2.45, 2.75) is 18.1 Å². The van der Waals surface area contributed by atoms with Crippen molar-refractivity contribution in [3.8, 4) is 0 Å². The molecule has 5 nitrogen and oxygen atoms in total. The van der Waals surface area contributed by atoms with Gasteiger partial charge in [-0.25, -0.2) is 0 Å². The monoisotopic (exact) mass is 261 g/mol. The fraction of sp³-hybridized carbons (Fsp3) is 0.667. The molecule has 90 valence electrons. The van der Waals surface area contributed by atoms with Gasteiger partial charge in [0.25, 0.3) is 0 Å². The Labute approximate surface area is 104 Å². The molecule has 0 aromatic heterocycles. The highest BCUT2D eigenvalue weighted by Crippen LogP contribution is 2.25. The van der Waals surface area contributed by atoms with Gasteiger partial charge in [-0.1, -0.05) is 12.2 Å². The minimum Gasteiger partial charge on any atom is -0.392 e. The first kappa shape index (κ1) is 13.2. The van der Waals surface area contributed by atoms with E-state index >= 15 is 0 Å². The van der Waals surface area contributed by atoms with E-state index in [9.17, 15) is 9.59 Å². The van der Waals surface area contributed by atoms with Crippen molar-refractivity contribution in [3.05, 3.63) is 0 Å². The largest absolute Gasteiger partial charge is 0.392 e. The molecule has 0 saturated carbocycles. The average Bonchev–Trinajstić information content (AvgIpc) is 2.75. The van der Waals surface area contributed by atoms with E-state index < -0.39 is 11.8 Å². The first-order valence-corrected chi connectivity index (χ1v) is 6.51. The van der Waals surface area contributed by atoms with Crippen LogP contribution in [0, 0.1) is 0 Å². The van der Waals surface area contributed by atoms with Gasteiger partial charge in [-0.3, -0.25) is 9.59 Å². The van der Waals surface area contributed by atoms with Gasteiger partial charge in [-0.2, -0.15) is 11.8 Å². The van der Waals surface area contributed by atoms with Crippen molar-refractivity contribution < 1.29 is 9.59 Å². The standard InChI is InChI=1S/C9H15N3O2S2/c10-7(15)5-12-9(14)8(13)11-4-6-2-1-3-16-6/h6H,1-5H2,(H2,10,15)(H,11,13)(H,12,14). The molecule has 1 aliphatic rings. The summed E-state index contributed by atoms with van der Waals surface area (Å²) in [4.78, 5) is 22.7. The van der Waals surface area contributed by atoms with Crippen LogP contribution in [0.4, 0.5) is 0 Å². The average molecular weight is 261 g/mol. The molecule has 4 N–H and O–H groups in total. The highest BCUT2D eigenvalue weighted by atomic mass is 32.2. The third-order valence-corrected chi connectivity index (χ3v) is 3.69. The van der Waals surface area contributed by atoms with Crippen LogP contribution in [-0.2, 0) is 9.59 Å². The lowest BCUT2D eigenvalue weighted by molar-refractivity contribution is -0.139. The summed E-state index contributed by atoms with van der Waals surface area (Å²) in [7, 11) is 0. The first-order valence-electron chi connectivity index (χ1n) is 5.05. The van der Waals surface area contributed by atoms with E-state index in [-0.39, 0.29) is 11.5 Å². The van der Waals surface area contributed by atoms with Gasteiger partial charge < -0.3 is 16.4 Å². The Morgan fingerprint density at radius 1 is 1.38 bits per heavy atom. The summed E-state index contributed by atoms with van der Waals surface area (Å²) < 4.78 is 0. The van der Waals surface area contributed by atoms with E-state index in [0.29, 0.717) is 11.8 Å². The summed E-state index contributed by atoms with van der Waals surface area (Å²) in [6, 6.07) is 0. The van der Waals surface area contributed by atoms with E-state index in [0.717, 1.165) is 12.2 Å². The normalized spacial score (nSPS) is 19.1. The van der Waals surface area contributed by atoms with Crippen molar-refractivity contribution in [2.24, 2.45) is 5.73 Å². The van der Waals surface area contributed by atoms with Crippen molar-refractivity contribution in [2.75, 3.05) is 18.8 Å². The minimum absolute atomic E-state index is 0.0553. The lowest BCUT2D eigenvalue weighted by atomic mass is 10.2. The number of carbonyl (C=O) groups excluding carboxylic acids is 2. The second kappa shape index (κ2) is 6.70. The van der Waals surface area contributed by atoms with Crippen LogP contribution in [0.1, 0.15) is 12.8 Å². The van der Waals surface area contributed by atoms with E-state index in [1.807, 2.05) is 11.8 Å². The number of rotatable bonds is 4. The molecule has 0 aromatic rings. The third kappa shape index (κ3) is 4.80. The van der Waals surface area contributed by atoms with E-state index in [4.69, 9.17) is 5.73 Å². The molecule has 0 aromatic carbocycles. The highest BCUT2D eigenvalue weighted by molar-refractivity contribution is 8.00. The molecule has 7 heteroatoms. The fourth-order valence-corrected chi connectivity index (χ4v) is 2.61. The zero-order valence-corrected chi connectivity index (χ0v) is 10.5. The minimum atomic E-state index is -0.684. The van der Waals surface area contributed by atoms with Gasteiger partial charge in [-0.15, -0.1) is 0 Å². The number of hydrogen-bond donors (Lipinski definition) is 3. The summed E-state index contributed by atoms with van der Waals surface area (Å²) in [6.07, 6.45) is 2.28. The molecule has 1 aliphatic heterocycles. The van der Waals surface area contributed by atoms with E-state index in [2.05, 4.69) is 22.9 Å². The molecule has 1 unspecified atom stereocenters. The molecule has 0 radical (unpaired) electrons. The van der Waals surface area contributed by atoms with Crippen LogP contribution in [0.3, 0.4) is 0 Å². The molecular weight excluding hydrogens is 246 g/mol. The Morgan fingerprint density at radius 2 is 2.06 bits per heavy atom. The number of thiocarbonyl (C=S) groups is 1. The third-order valence-electron chi connectivity index (χ3n) is 2.14. The molecular formula is C9H15N3O2S2. The summed E-state index contributed by atoms with van der Waals surface area (Å²) in [5.41, 5.74) is 5.20. The number of hydrogen-bond acceptors (Lipinski definition) is 4. The number of nitrogens with one attached hydrogen (secondary N) is 2. The summed E-state index contributed by atoms with van der Waals surface area (Å²) in [5, 5.41) is 5.36. The summed E-state index contributed by atoms with van der Waals surface area (Å²) in [6.45, 7) is 0.601. The predicted molar refractivity (Wildman–Crippen MR) is 68.3 cm³/mol. The van der Waals surface area contributed by atoms with Gasteiger partial charge in [0, 0.05) is 11.8 Å². The van der Waals surface area contributed by atoms with Crippen molar-refractivity contribution in [1.82, 2.24) is 10.6 Å². The molecule has 0 aliphatic carbocycles. The van der Waals surface area contributed by atoms with Gasteiger partial charge in [-0.05, 0) is 18.6 Å². The number of amides is 2. The fourth-order valence-electron chi connectivity index (χ4n) is 1.34. The van der Waals surface area contributed by atoms with Gasteiger partial charge in [0.15, 0.2) is 0 Å². The number of thioether (sulfide) groups is 1. The molecule has 1 fully saturated rings. The number of nitrogens with two attached hydrogens (primary N) is 1. The SMILES string of the molecule is NC(=S)CNC(=O)C(=O)NCC1CCCS1. The highest BCUT2D eigenvalue weighted by Gasteiger charge is 2.18. The molecule has 2 amide bonds. The predicted octanol–water partition coefficient (Wildman–Crippen LogP) is -0.600. The van der Waals surface area contributed by atoms with Crippen molar-refractivity contribution in [3.63, 3.8) is 0 Å². The molecule has 1 heterocycles. The van der Waals surface area contributed by atoms with E-state index in [1.54, 1.807) is 0 Å². The Hall–Kier alpha value is -0.820. The van der Waals surface area contributed by atoms with Crippen LogP contribution in [0.2, 0.25) is 0 Å².